The maximum atomic E-state index is 11.3. The van der Waals surface area contributed by atoms with Crippen LogP contribution in [0.3, 0.4) is 0 Å². The molecule has 110 valence electrons. The van der Waals surface area contributed by atoms with E-state index in [2.05, 4.69) is 20.4 Å². The third-order valence-electron chi connectivity index (χ3n) is 4.37. The van der Waals surface area contributed by atoms with Gasteiger partial charge in [-0.25, -0.2) is 4.79 Å². The molecular weight excluding hydrogens is 240 g/mol. The Morgan fingerprint density at radius 3 is 2.42 bits per heavy atom. The average Bonchev–Trinajstić information content (AvgIpc) is 2.33. The lowest BCUT2D eigenvalue weighted by molar-refractivity contribution is -0.155. The number of ether oxygens (including phenoxy) is 1. The average molecular weight is 268 g/mol. The zero-order chi connectivity index (χ0) is 14.5. The van der Waals surface area contributed by atoms with E-state index in [0.29, 0.717) is 17.4 Å². The van der Waals surface area contributed by atoms with Crippen LogP contribution >= 0.6 is 0 Å². The summed E-state index contributed by atoms with van der Waals surface area (Å²) in [5, 5.41) is 10.4. The molecule has 1 N–H and O–H groups in total. The summed E-state index contributed by atoms with van der Waals surface area (Å²) in [4.78, 5) is 11.3. The van der Waals surface area contributed by atoms with E-state index < -0.39 is 5.60 Å². The second-order valence-corrected chi connectivity index (χ2v) is 6.20. The van der Waals surface area contributed by atoms with Crippen molar-refractivity contribution in [1.82, 2.24) is 0 Å². The minimum absolute atomic E-state index is 0.287. The first-order valence-corrected chi connectivity index (χ1v) is 7.41. The van der Waals surface area contributed by atoms with Crippen LogP contribution in [-0.4, -0.2) is 23.3 Å². The van der Waals surface area contributed by atoms with Crippen molar-refractivity contribution in [3.05, 3.63) is 12.2 Å². The predicted octanol–water partition coefficient (Wildman–Crippen LogP) is 3.61. The second-order valence-electron chi connectivity index (χ2n) is 6.20. The van der Waals surface area contributed by atoms with Crippen LogP contribution in [-0.2, 0) is 9.53 Å². The van der Waals surface area contributed by atoms with E-state index >= 15 is 0 Å². The Kier molecular flexibility index (Phi) is 5.60. The van der Waals surface area contributed by atoms with E-state index in [1.165, 1.54) is 19.3 Å². The van der Waals surface area contributed by atoms with Crippen molar-refractivity contribution >= 4 is 5.97 Å². The Bertz CT molecular complexity index is 327. The number of carbonyl (C=O) groups is 1. The van der Waals surface area contributed by atoms with Crippen LogP contribution in [0.1, 0.15) is 65.7 Å². The quantitative estimate of drug-likeness (QED) is 0.540. The van der Waals surface area contributed by atoms with Gasteiger partial charge in [-0.2, -0.15) is 0 Å². The third kappa shape index (κ3) is 4.34. The molecule has 0 radical (unpaired) electrons. The summed E-state index contributed by atoms with van der Waals surface area (Å²) in [6.45, 7) is 9.86. The molecule has 1 aliphatic rings. The molecule has 0 unspecified atom stereocenters. The summed E-state index contributed by atoms with van der Waals surface area (Å²) >= 11 is 0. The number of hydrogen-bond acceptors (Lipinski definition) is 3. The molecule has 0 amide bonds. The number of unbranched alkanes of at least 4 members (excludes halogenated alkanes) is 1. The molecule has 0 heterocycles. The Hall–Kier alpha value is -0.830. The fraction of sp³-hybridized carbons (Fsp3) is 0.812. The van der Waals surface area contributed by atoms with Crippen molar-refractivity contribution in [3.63, 3.8) is 0 Å². The molecule has 0 bridgehead atoms. The van der Waals surface area contributed by atoms with Gasteiger partial charge in [0.05, 0.1) is 12.2 Å². The van der Waals surface area contributed by atoms with Gasteiger partial charge in [0.1, 0.15) is 0 Å². The van der Waals surface area contributed by atoms with Gasteiger partial charge < -0.3 is 9.84 Å². The normalized spacial score (nSPS) is 29.7. The van der Waals surface area contributed by atoms with Gasteiger partial charge in [-0.05, 0) is 31.6 Å². The van der Waals surface area contributed by atoms with Gasteiger partial charge in [-0.1, -0.05) is 39.7 Å². The summed E-state index contributed by atoms with van der Waals surface area (Å²) in [6.07, 6.45) is 7.00. The largest absolute Gasteiger partial charge is 0.462 e. The SMILES string of the molecule is C=C(C)C(=O)OCCC1(O)CC(CC)(CCCC)C1. The summed E-state index contributed by atoms with van der Waals surface area (Å²) in [5.41, 5.74) is 0.105. The smallest absolute Gasteiger partial charge is 0.333 e. The van der Waals surface area contributed by atoms with Crippen LogP contribution < -0.4 is 0 Å². The van der Waals surface area contributed by atoms with Gasteiger partial charge in [-0.3, -0.25) is 0 Å². The lowest BCUT2D eigenvalue weighted by Gasteiger charge is -2.53. The molecular formula is C16H28O3. The molecule has 1 rings (SSSR count). The number of esters is 1. The van der Waals surface area contributed by atoms with E-state index in [1.807, 2.05) is 0 Å². The molecule has 0 spiro atoms. The summed E-state index contributed by atoms with van der Waals surface area (Å²) in [5.74, 6) is -0.365. The Balaban J connectivity index is 2.33. The van der Waals surface area contributed by atoms with Crippen molar-refractivity contribution in [2.24, 2.45) is 5.41 Å². The highest BCUT2D eigenvalue weighted by Gasteiger charge is 2.51. The minimum atomic E-state index is -0.626. The monoisotopic (exact) mass is 268 g/mol. The fourth-order valence-corrected chi connectivity index (χ4v) is 3.13. The molecule has 0 atom stereocenters. The van der Waals surface area contributed by atoms with Crippen molar-refractivity contribution in [2.75, 3.05) is 6.61 Å². The topological polar surface area (TPSA) is 46.5 Å². The number of rotatable bonds is 8. The third-order valence-corrected chi connectivity index (χ3v) is 4.37. The molecule has 1 aliphatic carbocycles. The molecule has 0 aromatic rings. The molecule has 0 aromatic heterocycles. The second kappa shape index (κ2) is 6.56. The number of aliphatic hydroxyl groups is 1. The zero-order valence-corrected chi connectivity index (χ0v) is 12.6. The molecule has 19 heavy (non-hydrogen) atoms. The van der Waals surface area contributed by atoms with E-state index in [4.69, 9.17) is 4.74 Å². The maximum Gasteiger partial charge on any atom is 0.333 e. The van der Waals surface area contributed by atoms with Gasteiger partial charge in [-0.15, -0.1) is 0 Å². The first-order valence-electron chi connectivity index (χ1n) is 7.41. The molecule has 0 aromatic carbocycles. The highest BCUT2D eigenvalue weighted by molar-refractivity contribution is 5.86. The van der Waals surface area contributed by atoms with Crippen LogP contribution in [0.2, 0.25) is 0 Å². The number of hydrogen-bond donors (Lipinski definition) is 1. The van der Waals surface area contributed by atoms with Gasteiger partial charge in [0.15, 0.2) is 0 Å². The van der Waals surface area contributed by atoms with Crippen LogP contribution in [0.25, 0.3) is 0 Å². The van der Waals surface area contributed by atoms with Gasteiger partial charge in [0.2, 0.25) is 0 Å². The van der Waals surface area contributed by atoms with Crippen LogP contribution in [0, 0.1) is 5.41 Å². The van der Waals surface area contributed by atoms with E-state index in [-0.39, 0.29) is 12.6 Å². The summed E-state index contributed by atoms with van der Waals surface area (Å²) in [7, 11) is 0. The van der Waals surface area contributed by atoms with Crippen molar-refractivity contribution < 1.29 is 14.6 Å². The lowest BCUT2D eigenvalue weighted by atomic mass is 9.55. The van der Waals surface area contributed by atoms with E-state index in [9.17, 15) is 9.90 Å². The Morgan fingerprint density at radius 1 is 1.32 bits per heavy atom. The maximum absolute atomic E-state index is 11.3. The standard InChI is InChI=1S/C16H28O3/c1-5-7-8-15(6-2)11-16(18,12-15)9-10-19-14(17)13(3)4/h18H,3,5-12H2,1-2,4H3. The van der Waals surface area contributed by atoms with Gasteiger partial charge in [0, 0.05) is 12.0 Å². The van der Waals surface area contributed by atoms with Crippen LogP contribution in [0.15, 0.2) is 12.2 Å². The van der Waals surface area contributed by atoms with Crippen LogP contribution in [0.5, 0.6) is 0 Å². The molecule has 0 aliphatic heterocycles. The highest BCUT2D eigenvalue weighted by atomic mass is 16.5. The molecule has 0 saturated heterocycles. The van der Waals surface area contributed by atoms with Crippen molar-refractivity contribution in [3.8, 4) is 0 Å². The fourth-order valence-electron chi connectivity index (χ4n) is 3.13. The molecule has 1 saturated carbocycles. The minimum Gasteiger partial charge on any atom is -0.462 e. The first kappa shape index (κ1) is 16.2. The number of carbonyl (C=O) groups excluding carboxylic acids is 1. The zero-order valence-electron chi connectivity index (χ0n) is 12.6. The molecule has 1 fully saturated rings. The van der Waals surface area contributed by atoms with E-state index in [1.54, 1.807) is 6.92 Å². The van der Waals surface area contributed by atoms with Crippen molar-refractivity contribution in [2.45, 2.75) is 71.3 Å². The predicted molar refractivity (Wildman–Crippen MR) is 76.8 cm³/mol. The Morgan fingerprint density at radius 2 is 1.95 bits per heavy atom. The highest BCUT2D eigenvalue weighted by Crippen LogP contribution is 2.55. The molecule has 3 heteroatoms. The van der Waals surface area contributed by atoms with Gasteiger partial charge >= 0.3 is 5.97 Å². The first-order chi connectivity index (χ1) is 8.86. The molecule has 3 nitrogen and oxygen atoms in total. The van der Waals surface area contributed by atoms with Gasteiger partial charge in [0.25, 0.3) is 0 Å². The van der Waals surface area contributed by atoms with E-state index in [0.717, 1.165) is 19.3 Å². The Labute approximate surface area is 117 Å². The summed E-state index contributed by atoms with van der Waals surface area (Å²) < 4.78 is 5.06. The lowest BCUT2D eigenvalue weighted by Crippen LogP contribution is -2.52. The van der Waals surface area contributed by atoms with Crippen LogP contribution in [0.4, 0.5) is 0 Å². The van der Waals surface area contributed by atoms with Crippen molar-refractivity contribution in [1.29, 1.82) is 0 Å². The summed E-state index contributed by atoms with van der Waals surface area (Å²) in [6, 6.07) is 0.